The van der Waals surface area contributed by atoms with Gasteiger partial charge in [0.1, 0.15) is 0 Å². The molecule has 2 heteroatoms. The van der Waals surface area contributed by atoms with Gasteiger partial charge in [-0.05, 0) is 38.8 Å². The van der Waals surface area contributed by atoms with Crippen molar-refractivity contribution in [2.24, 2.45) is 7.05 Å². The minimum Gasteiger partial charge on any atom is -0.349 e. The highest BCUT2D eigenvalue weighted by atomic mass is 79.9. The van der Waals surface area contributed by atoms with Crippen molar-refractivity contribution in [3.8, 4) is 0 Å². The molecule has 0 aliphatic heterocycles. The molecule has 1 aromatic heterocycles. The number of fused-ring (bicyclic) bond motifs is 2. The molecule has 3 aromatic rings. The van der Waals surface area contributed by atoms with Gasteiger partial charge in [0.15, 0.2) is 0 Å². The summed E-state index contributed by atoms with van der Waals surface area (Å²) in [5.74, 6) is 0. The lowest BCUT2D eigenvalue weighted by Gasteiger charge is -2.00. The fourth-order valence-electron chi connectivity index (χ4n) is 2.02. The predicted molar refractivity (Wildman–Crippen MR) is 68.1 cm³/mol. The van der Waals surface area contributed by atoms with Crippen molar-refractivity contribution in [3.63, 3.8) is 0 Å². The van der Waals surface area contributed by atoms with Crippen LogP contribution in [0.1, 0.15) is 0 Å². The normalized spacial score (nSPS) is 11.3. The molecule has 3 rings (SSSR count). The van der Waals surface area contributed by atoms with Crippen LogP contribution in [0.15, 0.2) is 47.1 Å². The fraction of sp³-hybridized carbons (Fsp3) is 0.0769. The van der Waals surface area contributed by atoms with Crippen LogP contribution < -0.4 is 0 Å². The molecule has 1 nitrogen and oxygen atoms in total. The van der Waals surface area contributed by atoms with Gasteiger partial charge >= 0.3 is 0 Å². The van der Waals surface area contributed by atoms with Gasteiger partial charge in [0.25, 0.3) is 0 Å². The lowest BCUT2D eigenvalue weighted by atomic mass is 10.1. The maximum absolute atomic E-state index is 3.58. The summed E-state index contributed by atoms with van der Waals surface area (Å²) in [4.78, 5) is 0. The molecule has 0 fully saturated rings. The summed E-state index contributed by atoms with van der Waals surface area (Å²) in [6.45, 7) is 0. The molecule has 0 aliphatic carbocycles. The third-order valence-corrected chi connectivity index (χ3v) is 3.44. The molecule has 0 bridgehead atoms. The van der Waals surface area contributed by atoms with Crippen LogP contribution in [-0.2, 0) is 7.05 Å². The monoisotopic (exact) mass is 259 g/mol. The van der Waals surface area contributed by atoms with E-state index < -0.39 is 0 Å². The molecule has 0 saturated heterocycles. The van der Waals surface area contributed by atoms with Crippen molar-refractivity contribution in [1.82, 2.24) is 4.57 Å². The Morgan fingerprint density at radius 2 is 1.73 bits per heavy atom. The lowest BCUT2D eigenvalue weighted by molar-refractivity contribution is 0.967. The highest BCUT2D eigenvalue weighted by Gasteiger charge is 2.05. The Kier molecular flexibility index (Phi) is 1.86. The first-order valence-electron chi connectivity index (χ1n) is 4.89. The van der Waals surface area contributed by atoms with Crippen LogP contribution in [0.5, 0.6) is 0 Å². The average Bonchev–Trinajstić information content (AvgIpc) is 2.52. The molecule has 15 heavy (non-hydrogen) atoms. The number of aryl methyl sites for hydroxylation is 1. The summed E-state index contributed by atoms with van der Waals surface area (Å²) in [5.41, 5.74) is 1.26. The number of hydrogen-bond acceptors (Lipinski definition) is 0. The summed E-state index contributed by atoms with van der Waals surface area (Å²) in [6.07, 6.45) is 2.10. The van der Waals surface area contributed by atoms with E-state index in [4.69, 9.17) is 0 Å². The topological polar surface area (TPSA) is 4.93 Å². The molecule has 0 N–H and O–H groups in total. The molecule has 0 radical (unpaired) electrons. The van der Waals surface area contributed by atoms with Crippen molar-refractivity contribution >= 4 is 37.6 Å². The standard InChI is InChI=1S/C13H10BrN/c1-15-8-12(14)11-6-9-4-2-3-5-10(9)7-13(11)15/h2-8H,1H3. The van der Waals surface area contributed by atoms with Crippen molar-refractivity contribution in [3.05, 3.63) is 47.1 Å². The molecular formula is C13H10BrN. The second-order valence-corrected chi connectivity index (χ2v) is 4.66. The van der Waals surface area contributed by atoms with Crippen molar-refractivity contribution in [2.45, 2.75) is 0 Å². The number of rotatable bonds is 0. The smallest absolute Gasteiger partial charge is 0.0495 e. The van der Waals surface area contributed by atoms with Crippen LogP contribution in [0.2, 0.25) is 0 Å². The zero-order valence-corrected chi connectivity index (χ0v) is 9.95. The van der Waals surface area contributed by atoms with Gasteiger partial charge in [0, 0.05) is 28.6 Å². The van der Waals surface area contributed by atoms with Gasteiger partial charge in [-0.3, -0.25) is 0 Å². The van der Waals surface area contributed by atoms with Crippen molar-refractivity contribution < 1.29 is 0 Å². The third-order valence-electron chi connectivity index (χ3n) is 2.81. The largest absolute Gasteiger partial charge is 0.349 e. The van der Waals surface area contributed by atoms with E-state index in [0.717, 1.165) is 4.47 Å². The molecule has 1 heterocycles. The molecule has 0 spiro atoms. The highest BCUT2D eigenvalue weighted by molar-refractivity contribution is 9.10. The Labute approximate surface area is 96.4 Å². The number of hydrogen-bond donors (Lipinski definition) is 0. The average molecular weight is 260 g/mol. The number of nitrogens with zero attached hydrogens (tertiary/aromatic N) is 1. The summed E-state index contributed by atoms with van der Waals surface area (Å²) >= 11 is 3.58. The van der Waals surface area contributed by atoms with Gasteiger partial charge in [0.05, 0.1) is 0 Å². The van der Waals surface area contributed by atoms with Gasteiger partial charge in [-0.25, -0.2) is 0 Å². The number of halogens is 1. The zero-order chi connectivity index (χ0) is 10.4. The minimum absolute atomic E-state index is 1.16. The Balaban J connectivity index is 2.55. The third kappa shape index (κ3) is 1.29. The zero-order valence-electron chi connectivity index (χ0n) is 8.37. The first kappa shape index (κ1) is 8.98. The van der Waals surface area contributed by atoms with Crippen LogP contribution in [-0.4, -0.2) is 4.57 Å². The summed E-state index contributed by atoms with van der Waals surface area (Å²) < 4.78 is 3.30. The second-order valence-electron chi connectivity index (χ2n) is 3.80. The molecule has 0 unspecified atom stereocenters. The molecule has 0 saturated carbocycles. The van der Waals surface area contributed by atoms with E-state index in [0.29, 0.717) is 0 Å². The molecule has 0 aliphatic rings. The van der Waals surface area contributed by atoms with Gasteiger partial charge in [-0.1, -0.05) is 24.3 Å². The van der Waals surface area contributed by atoms with Crippen LogP contribution in [0.25, 0.3) is 21.7 Å². The predicted octanol–water partition coefficient (Wildman–Crippen LogP) is 4.09. The number of aromatic nitrogens is 1. The molecule has 2 aromatic carbocycles. The summed E-state index contributed by atoms with van der Waals surface area (Å²) in [5, 5.41) is 3.85. The van der Waals surface area contributed by atoms with Crippen LogP contribution in [0, 0.1) is 0 Å². The Morgan fingerprint density at radius 1 is 1.07 bits per heavy atom. The van der Waals surface area contributed by atoms with Gasteiger partial charge in [0.2, 0.25) is 0 Å². The lowest BCUT2D eigenvalue weighted by Crippen LogP contribution is -1.83. The molecule has 74 valence electrons. The Morgan fingerprint density at radius 3 is 2.47 bits per heavy atom. The summed E-state index contributed by atoms with van der Waals surface area (Å²) in [6, 6.07) is 12.9. The molecule has 0 atom stereocenters. The van der Waals surface area contributed by atoms with Crippen LogP contribution >= 0.6 is 15.9 Å². The van der Waals surface area contributed by atoms with E-state index in [1.54, 1.807) is 0 Å². The highest BCUT2D eigenvalue weighted by Crippen LogP contribution is 2.29. The van der Waals surface area contributed by atoms with Crippen LogP contribution in [0.3, 0.4) is 0 Å². The SMILES string of the molecule is Cn1cc(Br)c2cc3ccccc3cc21. The first-order chi connectivity index (χ1) is 7.25. The van der Waals surface area contributed by atoms with E-state index in [2.05, 4.69) is 70.1 Å². The van der Waals surface area contributed by atoms with Crippen LogP contribution in [0.4, 0.5) is 0 Å². The maximum Gasteiger partial charge on any atom is 0.0495 e. The van der Waals surface area contributed by atoms with E-state index in [-0.39, 0.29) is 0 Å². The Hall–Kier alpha value is -1.28. The van der Waals surface area contributed by atoms with E-state index in [1.165, 1.54) is 21.7 Å². The van der Waals surface area contributed by atoms with E-state index in [1.807, 2.05) is 0 Å². The van der Waals surface area contributed by atoms with Gasteiger partial charge in [-0.2, -0.15) is 0 Å². The van der Waals surface area contributed by atoms with Gasteiger partial charge < -0.3 is 4.57 Å². The maximum atomic E-state index is 3.58. The second kappa shape index (κ2) is 3.11. The minimum atomic E-state index is 1.16. The van der Waals surface area contributed by atoms with Gasteiger partial charge in [-0.15, -0.1) is 0 Å². The van der Waals surface area contributed by atoms with Crippen molar-refractivity contribution in [1.29, 1.82) is 0 Å². The Bertz CT molecular complexity index is 596. The quantitative estimate of drug-likeness (QED) is 0.573. The summed E-state index contributed by atoms with van der Waals surface area (Å²) in [7, 11) is 2.07. The first-order valence-corrected chi connectivity index (χ1v) is 5.68. The molecular weight excluding hydrogens is 250 g/mol. The van der Waals surface area contributed by atoms with Crippen molar-refractivity contribution in [2.75, 3.05) is 0 Å². The fourth-order valence-corrected chi connectivity index (χ4v) is 2.65. The molecule has 0 amide bonds. The number of benzene rings is 2. The van der Waals surface area contributed by atoms with E-state index in [9.17, 15) is 0 Å². The van der Waals surface area contributed by atoms with E-state index >= 15 is 0 Å².